The molecule has 2 unspecified atom stereocenters. The Morgan fingerprint density at radius 1 is 1.19 bits per heavy atom. The molecule has 3 aliphatic rings. The Bertz CT molecular complexity index is 661. The lowest BCUT2D eigenvalue weighted by atomic mass is 9.93. The van der Waals surface area contributed by atoms with Gasteiger partial charge in [-0.1, -0.05) is 55.9 Å². The molecule has 2 atom stereocenters. The number of carbonyl (C=O) groups is 1. The Hall–Kier alpha value is -1.87. The monoisotopic (exact) mass is 370 g/mol. The van der Waals surface area contributed by atoms with Crippen LogP contribution in [0, 0.1) is 5.92 Å². The van der Waals surface area contributed by atoms with Gasteiger partial charge in [-0.25, -0.2) is 0 Å². The molecule has 3 aliphatic carbocycles. The fraction of sp³-hybridized carbons (Fsp3) is 0.542. The topological polar surface area (TPSA) is 35.5 Å². The zero-order valence-corrected chi connectivity index (χ0v) is 17.3. The normalized spacial score (nSPS) is 23.7. The third kappa shape index (κ3) is 6.07. The molecule has 3 nitrogen and oxygen atoms in total. The van der Waals surface area contributed by atoms with Gasteiger partial charge in [-0.15, -0.1) is 0 Å². The third-order valence-electron chi connectivity index (χ3n) is 5.37. The van der Waals surface area contributed by atoms with Crippen LogP contribution < -0.4 is 0 Å². The number of rotatable bonds is 6. The summed E-state index contributed by atoms with van der Waals surface area (Å²) in [4.78, 5) is 11.3. The third-order valence-corrected chi connectivity index (χ3v) is 5.37. The van der Waals surface area contributed by atoms with Crippen LogP contribution >= 0.6 is 0 Å². The van der Waals surface area contributed by atoms with Crippen LogP contribution in [0.3, 0.4) is 0 Å². The summed E-state index contributed by atoms with van der Waals surface area (Å²) < 4.78 is 10.9. The summed E-state index contributed by atoms with van der Waals surface area (Å²) in [6, 6.07) is 0. The molecule has 0 aromatic rings. The number of esters is 1. The number of ether oxygens (including phenoxy) is 2. The van der Waals surface area contributed by atoms with E-state index in [1.165, 1.54) is 42.2 Å². The lowest BCUT2D eigenvalue weighted by Gasteiger charge is -2.23. The van der Waals surface area contributed by atoms with Gasteiger partial charge in [0, 0.05) is 12.3 Å². The quantitative estimate of drug-likeness (QED) is 0.550. The minimum Gasteiger partial charge on any atom is -0.469 e. The van der Waals surface area contributed by atoms with Crippen molar-refractivity contribution < 1.29 is 14.3 Å². The highest BCUT2D eigenvalue weighted by molar-refractivity contribution is 5.69. The van der Waals surface area contributed by atoms with E-state index in [4.69, 9.17) is 9.47 Å². The number of carbonyl (C=O) groups excluding carboxylic acids is 1. The molecule has 0 bridgehead atoms. The molecule has 0 amide bonds. The van der Waals surface area contributed by atoms with E-state index in [2.05, 4.69) is 43.4 Å². The van der Waals surface area contributed by atoms with Crippen molar-refractivity contribution in [1.29, 1.82) is 0 Å². The van der Waals surface area contributed by atoms with Gasteiger partial charge in [0.15, 0.2) is 0 Å². The summed E-state index contributed by atoms with van der Waals surface area (Å²) in [5.74, 6) is 0.371. The van der Waals surface area contributed by atoms with Crippen LogP contribution in [0.5, 0.6) is 0 Å². The Balaban J connectivity index is 0.00000126. The van der Waals surface area contributed by atoms with Crippen LogP contribution in [0.1, 0.15) is 59.3 Å². The van der Waals surface area contributed by atoms with Crippen LogP contribution in [-0.4, -0.2) is 25.8 Å². The predicted molar refractivity (Wildman–Crippen MR) is 111 cm³/mol. The standard InChI is InChI=1S/C22H28O3.C2H6/c1-16-14-20(12-10-17(16)11-13-22(23)24-2)25-15-19-9-8-18-6-4-3-5-7-21(18)19;1-2/h4-7,10,12,19-20H,3,8-9,11,13-15H2,1-2H3;1-2H3. The summed E-state index contributed by atoms with van der Waals surface area (Å²) in [7, 11) is 1.44. The van der Waals surface area contributed by atoms with Gasteiger partial charge in [-0.2, -0.15) is 0 Å². The van der Waals surface area contributed by atoms with Gasteiger partial charge in [-0.3, -0.25) is 4.79 Å². The minimum atomic E-state index is -0.150. The van der Waals surface area contributed by atoms with Gasteiger partial charge in [-0.05, 0) is 55.7 Å². The van der Waals surface area contributed by atoms with E-state index < -0.39 is 0 Å². The van der Waals surface area contributed by atoms with E-state index in [-0.39, 0.29) is 12.1 Å². The summed E-state index contributed by atoms with van der Waals surface area (Å²) in [5, 5.41) is 0. The molecule has 27 heavy (non-hydrogen) atoms. The first-order chi connectivity index (χ1) is 13.2. The lowest BCUT2D eigenvalue weighted by Crippen LogP contribution is -2.19. The summed E-state index contributed by atoms with van der Waals surface area (Å²) in [6.07, 6.45) is 19.0. The first-order valence-electron chi connectivity index (χ1n) is 10.3. The number of hydrogen-bond acceptors (Lipinski definition) is 3. The molecule has 0 saturated carbocycles. The second kappa shape index (κ2) is 11.1. The van der Waals surface area contributed by atoms with Gasteiger partial charge in [0.1, 0.15) is 0 Å². The largest absolute Gasteiger partial charge is 0.469 e. The Labute approximate surface area is 164 Å². The van der Waals surface area contributed by atoms with Crippen molar-refractivity contribution >= 4 is 5.97 Å². The maximum absolute atomic E-state index is 11.3. The van der Waals surface area contributed by atoms with E-state index >= 15 is 0 Å². The van der Waals surface area contributed by atoms with E-state index in [9.17, 15) is 4.79 Å². The Morgan fingerprint density at radius 2 is 1.96 bits per heavy atom. The van der Waals surface area contributed by atoms with Gasteiger partial charge in [0.2, 0.25) is 0 Å². The van der Waals surface area contributed by atoms with Crippen molar-refractivity contribution in [2.75, 3.05) is 13.7 Å². The van der Waals surface area contributed by atoms with Crippen LogP contribution in [0.4, 0.5) is 0 Å². The molecule has 0 aliphatic heterocycles. The number of hydrogen-bond donors (Lipinski definition) is 0. The fourth-order valence-electron chi connectivity index (χ4n) is 3.83. The molecular weight excluding hydrogens is 336 g/mol. The first kappa shape index (κ1) is 21.4. The Kier molecular flexibility index (Phi) is 8.80. The molecule has 0 N–H and O–H groups in total. The highest BCUT2D eigenvalue weighted by atomic mass is 16.5. The van der Waals surface area contributed by atoms with E-state index in [1.54, 1.807) is 0 Å². The fourth-order valence-corrected chi connectivity index (χ4v) is 3.83. The molecule has 0 aromatic carbocycles. The highest BCUT2D eigenvalue weighted by Crippen LogP contribution is 2.36. The Morgan fingerprint density at radius 3 is 2.70 bits per heavy atom. The van der Waals surface area contributed by atoms with Crippen LogP contribution in [0.25, 0.3) is 0 Å². The predicted octanol–water partition coefficient (Wildman–Crippen LogP) is 5.85. The van der Waals surface area contributed by atoms with Crippen LogP contribution in [-0.2, 0) is 14.3 Å². The van der Waals surface area contributed by atoms with Crippen molar-refractivity contribution in [3.8, 4) is 0 Å². The smallest absolute Gasteiger partial charge is 0.305 e. The van der Waals surface area contributed by atoms with Crippen molar-refractivity contribution in [1.82, 2.24) is 0 Å². The second-order valence-corrected chi connectivity index (χ2v) is 7.07. The van der Waals surface area contributed by atoms with Crippen molar-refractivity contribution in [2.45, 2.75) is 65.4 Å². The molecule has 0 spiro atoms. The molecule has 0 aromatic heterocycles. The van der Waals surface area contributed by atoms with Gasteiger partial charge < -0.3 is 9.47 Å². The molecule has 0 radical (unpaired) electrons. The van der Waals surface area contributed by atoms with Gasteiger partial charge >= 0.3 is 5.97 Å². The SMILES string of the molecule is CC.COC(=O)CCC1=C(C)CC(OCC2CCC3=C2C=CCC=C3)C=C1. The lowest BCUT2D eigenvalue weighted by molar-refractivity contribution is -0.140. The maximum atomic E-state index is 11.3. The summed E-state index contributed by atoms with van der Waals surface area (Å²) >= 11 is 0. The minimum absolute atomic E-state index is 0.150. The molecule has 3 rings (SSSR count). The molecule has 0 heterocycles. The van der Waals surface area contributed by atoms with E-state index in [0.717, 1.165) is 25.9 Å². The molecular formula is C24H34O3. The zero-order chi connectivity index (χ0) is 19.6. The average molecular weight is 371 g/mol. The number of methoxy groups -OCH3 is 1. The first-order valence-corrected chi connectivity index (χ1v) is 10.3. The van der Waals surface area contributed by atoms with Gasteiger partial charge in [0.05, 0.1) is 19.8 Å². The molecule has 0 saturated heterocycles. The maximum Gasteiger partial charge on any atom is 0.305 e. The second-order valence-electron chi connectivity index (χ2n) is 7.07. The number of allylic oxidation sites excluding steroid dienone is 7. The summed E-state index contributed by atoms with van der Waals surface area (Å²) in [5.41, 5.74) is 5.52. The average Bonchev–Trinajstić information content (AvgIpc) is 2.93. The molecule has 3 heteroatoms. The summed E-state index contributed by atoms with van der Waals surface area (Å²) in [6.45, 7) is 6.93. The molecule has 148 valence electrons. The zero-order valence-electron chi connectivity index (χ0n) is 17.3. The van der Waals surface area contributed by atoms with Gasteiger partial charge in [0.25, 0.3) is 0 Å². The van der Waals surface area contributed by atoms with E-state index in [0.29, 0.717) is 12.3 Å². The van der Waals surface area contributed by atoms with Crippen LogP contribution in [0.2, 0.25) is 0 Å². The molecule has 0 fully saturated rings. The highest BCUT2D eigenvalue weighted by Gasteiger charge is 2.25. The van der Waals surface area contributed by atoms with Crippen molar-refractivity contribution in [2.24, 2.45) is 5.92 Å². The van der Waals surface area contributed by atoms with Crippen molar-refractivity contribution in [3.63, 3.8) is 0 Å². The van der Waals surface area contributed by atoms with E-state index in [1.807, 2.05) is 13.8 Å². The van der Waals surface area contributed by atoms with Crippen LogP contribution in [0.15, 0.2) is 58.7 Å². The van der Waals surface area contributed by atoms with Crippen molar-refractivity contribution in [3.05, 3.63) is 58.7 Å².